The first-order chi connectivity index (χ1) is 7.22. The zero-order valence-corrected chi connectivity index (χ0v) is 9.76. The van der Waals surface area contributed by atoms with E-state index in [0.29, 0.717) is 15.9 Å². The highest BCUT2D eigenvalue weighted by Crippen LogP contribution is 2.25. The van der Waals surface area contributed by atoms with Gasteiger partial charge in [-0.25, -0.2) is 0 Å². The molecule has 0 unspecified atom stereocenters. The first-order valence-corrected chi connectivity index (χ1v) is 5.41. The molecule has 0 N–H and O–H groups in total. The maximum absolute atomic E-state index is 6.04. The topological polar surface area (TPSA) is 30.7 Å². The number of rotatable bonds is 2. The molecule has 0 saturated carbocycles. The van der Waals surface area contributed by atoms with Crippen molar-refractivity contribution >= 4 is 34.8 Å². The van der Waals surface area contributed by atoms with E-state index in [1.165, 1.54) is 0 Å². The normalized spacial score (nSPS) is 10.6. The fraction of sp³-hybridized carbons (Fsp3) is 0.111. The Labute approximate surface area is 102 Å². The molecule has 6 heteroatoms. The molecule has 0 radical (unpaired) electrons. The lowest BCUT2D eigenvalue weighted by atomic mass is 10.3. The van der Waals surface area contributed by atoms with Gasteiger partial charge in [0.2, 0.25) is 0 Å². The number of alkyl halides is 1. The molecule has 0 aliphatic heterocycles. The van der Waals surface area contributed by atoms with Gasteiger partial charge >= 0.3 is 0 Å². The van der Waals surface area contributed by atoms with Gasteiger partial charge in [0, 0.05) is 5.02 Å². The highest BCUT2D eigenvalue weighted by atomic mass is 35.5. The van der Waals surface area contributed by atoms with Crippen LogP contribution in [0.1, 0.15) is 5.82 Å². The van der Waals surface area contributed by atoms with E-state index >= 15 is 0 Å². The van der Waals surface area contributed by atoms with Gasteiger partial charge < -0.3 is 0 Å². The van der Waals surface area contributed by atoms with E-state index in [0.717, 1.165) is 5.69 Å². The molecule has 0 atom stereocenters. The molecule has 3 nitrogen and oxygen atoms in total. The highest BCUT2D eigenvalue weighted by Gasteiger charge is 2.08. The van der Waals surface area contributed by atoms with E-state index in [4.69, 9.17) is 34.8 Å². The van der Waals surface area contributed by atoms with Gasteiger partial charge in [-0.1, -0.05) is 23.2 Å². The van der Waals surface area contributed by atoms with Gasteiger partial charge in [0.25, 0.3) is 0 Å². The Morgan fingerprint density at radius 2 is 2.07 bits per heavy atom. The molecule has 0 bridgehead atoms. The first kappa shape index (κ1) is 10.7. The minimum Gasteiger partial charge on any atom is -0.283 e. The van der Waals surface area contributed by atoms with Crippen LogP contribution in [0.25, 0.3) is 5.69 Å². The van der Waals surface area contributed by atoms with Crippen molar-refractivity contribution in [2.45, 2.75) is 5.88 Å². The molecule has 0 saturated heterocycles. The molecule has 0 fully saturated rings. The summed E-state index contributed by atoms with van der Waals surface area (Å²) in [4.78, 5) is 0. The lowest BCUT2D eigenvalue weighted by Gasteiger charge is -2.07. The lowest BCUT2D eigenvalue weighted by molar-refractivity contribution is 0.951. The standard InChI is InChI=1S/C9H6Cl3N3/c10-4-9-14-13-5-15(9)8-3-6(11)1-2-7(8)12/h1-3,5H,4H2. The van der Waals surface area contributed by atoms with Crippen molar-refractivity contribution in [3.05, 3.63) is 40.4 Å². The third-order valence-corrected chi connectivity index (χ3v) is 2.70. The number of nitrogens with zero attached hydrogens (tertiary/aromatic N) is 3. The van der Waals surface area contributed by atoms with Crippen LogP contribution in [-0.4, -0.2) is 14.8 Å². The van der Waals surface area contributed by atoms with Crippen molar-refractivity contribution < 1.29 is 0 Å². The second-order valence-electron chi connectivity index (χ2n) is 2.85. The molecule has 2 aromatic rings. The molecule has 15 heavy (non-hydrogen) atoms. The Hall–Kier alpha value is -0.770. The quantitative estimate of drug-likeness (QED) is 0.777. The molecule has 1 heterocycles. The van der Waals surface area contributed by atoms with Crippen molar-refractivity contribution in [3.8, 4) is 5.69 Å². The minimum atomic E-state index is 0.267. The maximum Gasteiger partial charge on any atom is 0.152 e. The summed E-state index contributed by atoms with van der Waals surface area (Å²) in [6, 6.07) is 5.18. The van der Waals surface area contributed by atoms with Crippen LogP contribution in [0.2, 0.25) is 10.0 Å². The third kappa shape index (κ3) is 2.09. The summed E-state index contributed by atoms with van der Waals surface area (Å²) in [6.07, 6.45) is 1.55. The number of hydrogen-bond acceptors (Lipinski definition) is 2. The molecule has 0 aliphatic carbocycles. The van der Waals surface area contributed by atoms with E-state index < -0.39 is 0 Å². The van der Waals surface area contributed by atoms with Crippen molar-refractivity contribution in [1.82, 2.24) is 14.8 Å². The Morgan fingerprint density at radius 3 is 2.80 bits per heavy atom. The monoisotopic (exact) mass is 261 g/mol. The predicted molar refractivity (Wildman–Crippen MR) is 60.9 cm³/mol. The van der Waals surface area contributed by atoms with Crippen molar-refractivity contribution in [2.75, 3.05) is 0 Å². The fourth-order valence-electron chi connectivity index (χ4n) is 1.22. The van der Waals surface area contributed by atoms with Crippen LogP contribution < -0.4 is 0 Å². The lowest BCUT2D eigenvalue weighted by Crippen LogP contribution is -1.98. The second kappa shape index (κ2) is 4.39. The van der Waals surface area contributed by atoms with Crippen molar-refractivity contribution in [3.63, 3.8) is 0 Å². The summed E-state index contributed by atoms with van der Waals surface area (Å²) < 4.78 is 1.71. The molecule has 1 aromatic carbocycles. The number of hydrogen-bond donors (Lipinski definition) is 0. The highest BCUT2D eigenvalue weighted by molar-refractivity contribution is 6.34. The summed E-state index contributed by atoms with van der Waals surface area (Å²) in [5, 5.41) is 8.80. The van der Waals surface area contributed by atoms with Gasteiger partial charge in [-0.3, -0.25) is 4.57 Å². The summed E-state index contributed by atoms with van der Waals surface area (Å²) in [6.45, 7) is 0. The van der Waals surface area contributed by atoms with Crippen LogP contribution in [-0.2, 0) is 5.88 Å². The van der Waals surface area contributed by atoms with E-state index in [-0.39, 0.29) is 5.88 Å². The van der Waals surface area contributed by atoms with E-state index in [1.807, 2.05) is 0 Å². The van der Waals surface area contributed by atoms with Crippen molar-refractivity contribution in [2.24, 2.45) is 0 Å². The van der Waals surface area contributed by atoms with E-state index in [1.54, 1.807) is 29.1 Å². The summed E-state index contributed by atoms with van der Waals surface area (Å²) >= 11 is 17.6. The number of benzene rings is 1. The average Bonchev–Trinajstić information content (AvgIpc) is 2.69. The smallest absolute Gasteiger partial charge is 0.152 e. The zero-order chi connectivity index (χ0) is 10.8. The van der Waals surface area contributed by atoms with E-state index in [9.17, 15) is 0 Å². The van der Waals surface area contributed by atoms with Crippen LogP contribution in [0.15, 0.2) is 24.5 Å². The third-order valence-electron chi connectivity index (χ3n) is 1.91. The Bertz CT molecular complexity index is 481. The SMILES string of the molecule is ClCc1nncn1-c1cc(Cl)ccc1Cl. The van der Waals surface area contributed by atoms with Gasteiger partial charge in [0.1, 0.15) is 6.33 Å². The van der Waals surface area contributed by atoms with Crippen LogP contribution in [0.4, 0.5) is 0 Å². The molecule has 2 rings (SSSR count). The molecule has 0 aliphatic rings. The van der Waals surface area contributed by atoms with Gasteiger partial charge in [0.15, 0.2) is 5.82 Å². The predicted octanol–water partition coefficient (Wildman–Crippen LogP) is 3.31. The molecule has 78 valence electrons. The first-order valence-electron chi connectivity index (χ1n) is 4.12. The van der Waals surface area contributed by atoms with Crippen LogP contribution in [0.5, 0.6) is 0 Å². The van der Waals surface area contributed by atoms with E-state index in [2.05, 4.69) is 10.2 Å². The number of aromatic nitrogens is 3. The van der Waals surface area contributed by atoms with Crippen LogP contribution >= 0.6 is 34.8 Å². The molecular formula is C9H6Cl3N3. The Kier molecular flexibility index (Phi) is 3.14. The largest absolute Gasteiger partial charge is 0.283 e. The Balaban J connectivity index is 2.58. The molecule has 1 aromatic heterocycles. The van der Waals surface area contributed by atoms with Gasteiger partial charge in [0.05, 0.1) is 16.6 Å². The Morgan fingerprint density at radius 1 is 1.27 bits per heavy atom. The van der Waals surface area contributed by atoms with Gasteiger partial charge in [-0.2, -0.15) is 0 Å². The average molecular weight is 263 g/mol. The summed E-state index contributed by atoms with van der Waals surface area (Å²) in [7, 11) is 0. The van der Waals surface area contributed by atoms with Crippen molar-refractivity contribution in [1.29, 1.82) is 0 Å². The van der Waals surface area contributed by atoms with Gasteiger partial charge in [-0.05, 0) is 18.2 Å². The van der Waals surface area contributed by atoms with Gasteiger partial charge in [-0.15, -0.1) is 21.8 Å². The summed E-state index contributed by atoms with van der Waals surface area (Å²) in [5.74, 6) is 0.892. The maximum atomic E-state index is 6.04. The molecular weight excluding hydrogens is 256 g/mol. The second-order valence-corrected chi connectivity index (χ2v) is 3.96. The van der Waals surface area contributed by atoms with Crippen LogP contribution in [0.3, 0.4) is 0 Å². The summed E-state index contributed by atoms with van der Waals surface area (Å²) in [5.41, 5.74) is 0.727. The fourth-order valence-corrected chi connectivity index (χ4v) is 1.78. The molecule has 0 amide bonds. The minimum absolute atomic E-state index is 0.267. The van der Waals surface area contributed by atoms with Crippen LogP contribution in [0, 0.1) is 0 Å². The number of halogens is 3. The molecule has 0 spiro atoms. The zero-order valence-electron chi connectivity index (χ0n) is 7.49.